The normalized spacial score (nSPS) is 28.4. The molecule has 0 unspecified atom stereocenters. The molecule has 3 saturated heterocycles. The maximum atomic E-state index is 12.0. The average molecular weight is 337 g/mol. The Bertz CT molecular complexity index is 517. The van der Waals surface area contributed by atoms with Crippen LogP contribution in [0, 0.1) is 5.41 Å². The van der Waals surface area contributed by atoms with Gasteiger partial charge in [-0.2, -0.15) is 0 Å². The Hall–Kier alpha value is -0.420. The Morgan fingerprint density at radius 2 is 1.90 bits per heavy atom. The minimum Gasteiger partial charge on any atom is -0.461 e. The van der Waals surface area contributed by atoms with Gasteiger partial charge >= 0.3 is 14.6 Å². The van der Waals surface area contributed by atoms with Crippen molar-refractivity contribution in [2.45, 2.75) is 0 Å². The molecule has 0 aromatic heterocycles. The molecule has 3 aliphatic rings. The lowest BCUT2D eigenvalue weighted by Gasteiger charge is -2.43. The zero-order valence-electron chi connectivity index (χ0n) is 10.3. The Morgan fingerprint density at radius 3 is 2.50 bits per heavy atom. The van der Waals surface area contributed by atoms with E-state index in [0.717, 1.165) is 0 Å². The molecule has 0 radical (unpaired) electrons. The fourth-order valence-corrected chi connectivity index (χ4v) is 3.73. The number of ether oxygens (including phenoxy) is 1. The highest BCUT2D eigenvalue weighted by molar-refractivity contribution is 7.41. The number of benzene rings is 1. The van der Waals surface area contributed by atoms with Gasteiger partial charge in [-0.3, -0.25) is 0 Å². The van der Waals surface area contributed by atoms with Crippen LogP contribution in [0.1, 0.15) is 10.4 Å². The largest absolute Gasteiger partial charge is 0.461 e. The number of hydrogen-bond acceptors (Lipinski definition) is 5. The van der Waals surface area contributed by atoms with Crippen molar-refractivity contribution in [2.75, 3.05) is 26.4 Å². The third-order valence-corrected chi connectivity index (χ3v) is 4.66. The second-order valence-corrected chi connectivity index (χ2v) is 6.81. The van der Waals surface area contributed by atoms with Crippen molar-refractivity contribution in [2.24, 2.45) is 5.41 Å². The number of rotatable bonds is 3. The number of fused-ring (bicyclic) bond motifs is 3. The van der Waals surface area contributed by atoms with Gasteiger partial charge in [0.15, 0.2) is 0 Å². The van der Waals surface area contributed by atoms with E-state index in [1.165, 1.54) is 12.1 Å². The summed E-state index contributed by atoms with van der Waals surface area (Å²) >= 11 is 11.8. The van der Waals surface area contributed by atoms with E-state index in [2.05, 4.69) is 0 Å². The molecule has 108 valence electrons. The summed E-state index contributed by atoms with van der Waals surface area (Å²) in [6, 6.07) is 4.63. The molecule has 0 aliphatic carbocycles. The van der Waals surface area contributed by atoms with Crippen molar-refractivity contribution in [3.63, 3.8) is 0 Å². The molecule has 5 nitrogen and oxygen atoms in total. The topological polar surface area (TPSA) is 54.0 Å². The van der Waals surface area contributed by atoms with Crippen LogP contribution in [0.4, 0.5) is 0 Å². The maximum absolute atomic E-state index is 12.0. The van der Waals surface area contributed by atoms with Gasteiger partial charge in [-0.15, -0.1) is 0 Å². The van der Waals surface area contributed by atoms with Crippen molar-refractivity contribution in [1.82, 2.24) is 0 Å². The molecule has 20 heavy (non-hydrogen) atoms. The van der Waals surface area contributed by atoms with Crippen LogP contribution in [0.15, 0.2) is 18.2 Å². The van der Waals surface area contributed by atoms with Crippen molar-refractivity contribution in [1.29, 1.82) is 0 Å². The summed E-state index contributed by atoms with van der Waals surface area (Å²) < 4.78 is 21.3. The molecule has 4 rings (SSSR count). The summed E-state index contributed by atoms with van der Waals surface area (Å²) in [6.07, 6.45) is 0. The number of halogens is 2. The molecule has 0 spiro atoms. The van der Waals surface area contributed by atoms with Crippen LogP contribution in [-0.2, 0) is 18.3 Å². The number of carbonyl (C=O) groups is 1. The highest BCUT2D eigenvalue weighted by atomic mass is 35.5. The summed E-state index contributed by atoms with van der Waals surface area (Å²) in [5.41, 5.74) is -0.143. The zero-order valence-corrected chi connectivity index (χ0v) is 12.7. The minimum absolute atomic E-state index is 0.161. The van der Waals surface area contributed by atoms with E-state index in [1.54, 1.807) is 6.07 Å². The lowest BCUT2D eigenvalue weighted by Crippen LogP contribution is -2.47. The lowest BCUT2D eigenvalue weighted by atomic mass is 9.92. The van der Waals surface area contributed by atoms with Crippen LogP contribution in [-0.4, -0.2) is 32.4 Å². The Morgan fingerprint density at radius 1 is 1.25 bits per heavy atom. The fraction of sp³-hybridized carbons (Fsp3) is 0.417. The smallest absolute Gasteiger partial charge is 0.339 e. The van der Waals surface area contributed by atoms with Crippen molar-refractivity contribution in [3.05, 3.63) is 33.8 Å². The van der Waals surface area contributed by atoms with E-state index in [4.69, 9.17) is 41.5 Å². The van der Waals surface area contributed by atoms with Crippen molar-refractivity contribution >= 4 is 37.8 Å². The third kappa shape index (κ3) is 2.93. The Labute approximate surface area is 127 Å². The predicted molar refractivity (Wildman–Crippen MR) is 74.0 cm³/mol. The van der Waals surface area contributed by atoms with Gasteiger partial charge in [-0.25, -0.2) is 4.79 Å². The van der Waals surface area contributed by atoms with E-state index < -0.39 is 20.0 Å². The van der Waals surface area contributed by atoms with E-state index >= 15 is 0 Å². The lowest BCUT2D eigenvalue weighted by molar-refractivity contribution is -0.0999. The van der Waals surface area contributed by atoms with Gasteiger partial charge in [0.1, 0.15) is 6.61 Å². The Balaban J connectivity index is 1.64. The van der Waals surface area contributed by atoms with Crippen LogP contribution in [0.25, 0.3) is 0 Å². The van der Waals surface area contributed by atoms with Gasteiger partial charge in [0.2, 0.25) is 0 Å². The predicted octanol–water partition coefficient (Wildman–Crippen LogP) is 3.44. The van der Waals surface area contributed by atoms with Crippen molar-refractivity contribution in [3.8, 4) is 0 Å². The molecule has 0 N–H and O–H groups in total. The molecule has 3 aliphatic heterocycles. The van der Waals surface area contributed by atoms with Crippen LogP contribution >= 0.6 is 31.8 Å². The first-order chi connectivity index (χ1) is 9.58. The highest BCUT2D eigenvalue weighted by Crippen LogP contribution is 2.53. The molecule has 8 heteroatoms. The standard InChI is InChI=1S/C12H11Cl2O5P/c13-8-1-2-9(10(14)3-8)11(15)16-4-12-5-17-20(18-6-12)19-7-12/h1-3H,4-7H2. The number of esters is 1. The highest BCUT2D eigenvalue weighted by Gasteiger charge is 2.45. The molecule has 0 saturated carbocycles. The van der Waals surface area contributed by atoms with Gasteiger partial charge in [-0.1, -0.05) is 23.2 Å². The average Bonchev–Trinajstić information content (AvgIpc) is 2.47. The molecular formula is C12H11Cl2O5P. The third-order valence-electron chi connectivity index (χ3n) is 3.09. The number of hydrogen-bond donors (Lipinski definition) is 0. The first kappa shape index (κ1) is 14.5. The second-order valence-electron chi connectivity index (χ2n) is 4.74. The molecule has 3 fully saturated rings. The molecule has 1 aromatic carbocycles. The summed E-state index contributed by atoms with van der Waals surface area (Å²) in [5.74, 6) is -0.501. The van der Waals surface area contributed by atoms with Crippen LogP contribution in [0.5, 0.6) is 0 Å². The number of carbonyl (C=O) groups excluding carboxylic acids is 1. The quantitative estimate of drug-likeness (QED) is 0.625. The molecule has 2 bridgehead atoms. The molecule has 1 aromatic rings. The van der Waals surface area contributed by atoms with Gasteiger partial charge in [0, 0.05) is 5.02 Å². The molecule has 3 heterocycles. The fourth-order valence-electron chi connectivity index (χ4n) is 1.88. The maximum Gasteiger partial charge on any atom is 0.339 e. The monoisotopic (exact) mass is 336 g/mol. The first-order valence-electron chi connectivity index (χ1n) is 5.89. The van der Waals surface area contributed by atoms with Gasteiger partial charge in [-0.05, 0) is 18.2 Å². The van der Waals surface area contributed by atoms with Gasteiger partial charge in [0.05, 0.1) is 35.8 Å². The van der Waals surface area contributed by atoms with Crippen LogP contribution in [0.3, 0.4) is 0 Å². The summed E-state index contributed by atoms with van der Waals surface area (Å²) in [6.45, 7) is 1.58. The summed E-state index contributed by atoms with van der Waals surface area (Å²) in [5, 5.41) is 0.729. The molecule has 0 amide bonds. The van der Waals surface area contributed by atoms with Crippen molar-refractivity contribution < 1.29 is 23.1 Å². The first-order valence-corrected chi connectivity index (χ1v) is 7.74. The summed E-state index contributed by atoms with van der Waals surface area (Å²) in [4.78, 5) is 12.0. The van der Waals surface area contributed by atoms with E-state index in [-0.39, 0.29) is 17.2 Å². The molecular weight excluding hydrogens is 326 g/mol. The SMILES string of the molecule is O=C(OCC12COP(OC1)OC2)c1ccc(Cl)cc1Cl. The second kappa shape index (κ2) is 5.76. The van der Waals surface area contributed by atoms with E-state index in [1.807, 2.05) is 0 Å². The van der Waals surface area contributed by atoms with Crippen LogP contribution < -0.4 is 0 Å². The van der Waals surface area contributed by atoms with E-state index in [0.29, 0.717) is 24.8 Å². The van der Waals surface area contributed by atoms with Crippen LogP contribution in [0.2, 0.25) is 10.0 Å². The minimum atomic E-state index is -1.19. The van der Waals surface area contributed by atoms with Gasteiger partial charge < -0.3 is 18.3 Å². The zero-order chi connectivity index (χ0) is 14.2. The van der Waals surface area contributed by atoms with E-state index in [9.17, 15) is 4.79 Å². The summed E-state index contributed by atoms with van der Waals surface area (Å²) in [7, 11) is -1.19. The molecule has 0 atom stereocenters. The Kier molecular flexibility index (Phi) is 4.18. The van der Waals surface area contributed by atoms with Gasteiger partial charge in [0.25, 0.3) is 0 Å².